The number of aryl methyl sites for hydroxylation is 2. The second-order valence-electron chi connectivity index (χ2n) is 6.41. The number of nitrogens with zero attached hydrogens (tertiary/aromatic N) is 1. The minimum atomic E-state index is -0.372. The molecule has 3 amide bonds. The van der Waals surface area contributed by atoms with Crippen molar-refractivity contribution in [1.29, 1.82) is 0 Å². The lowest BCUT2D eigenvalue weighted by atomic mass is 10.1. The zero-order valence-corrected chi connectivity index (χ0v) is 16.0. The Morgan fingerprint density at radius 3 is 2.52 bits per heavy atom. The number of rotatable bonds is 5. The zero-order chi connectivity index (χ0) is 19.7. The van der Waals surface area contributed by atoms with Crippen LogP contribution < -0.4 is 10.1 Å². The van der Waals surface area contributed by atoms with Crippen molar-refractivity contribution >= 4 is 35.0 Å². The van der Waals surface area contributed by atoms with Crippen molar-refractivity contribution in [2.75, 3.05) is 19.0 Å². The van der Waals surface area contributed by atoms with Gasteiger partial charge in [0.2, 0.25) is 5.91 Å². The molecule has 2 aromatic rings. The third kappa shape index (κ3) is 3.66. The lowest BCUT2D eigenvalue weighted by Crippen LogP contribution is -2.32. The molecule has 1 heterocycles. The molecule has 0 saturated heterocycles. The van der Waals surface area contributed by atoms with Crippen LogP contribution in [-0.2, 0) is 4.79 Å². The monoisotopic (exact) mass is 386 g/mol. The number of benzene rings is 2. The van der Waals surface area contributed by atoms with Crippen LogP contribution in [0.3, 0.4) is 0 Å². The number of fused-ring (bicyclic) bond motifs is 1. The molecule has 2 aromatic carbocycles. The van der Waals surface area contributed by atoms with Gasteiger partial charge in [-0.25, -0.2) is 0 Å². The number of halogens is 1. The van der Waals surface area contributed by atoms with Crippen LogP contribution in [-0.4, -0.2) is 36.3 Å². The third-order valence-corrected chi connectivity index (χ3v) is 4.85. The van der Waals surface area contributed by atoms with Crippen LogP contribution in [0.1, 0.15) is 38.3 Å². The summed E-state index contributed by atoms with van der Waals surface area (Å²) < 4.78 is 5.23. The number of carbonyl (C=O) groups is 3. The van der Waals surface area contributed by atoms with Crippen molar-refractivity contribution in [1.82, 2.24) is 4.90 Å². The first-order chi connectivity index (χ1) is 12.8. The predicted molar refractivity (Wildman–Crippen MR) is 103 cm³/mol. The SMILES string of the molecule is COc1cc(Cl)c(C)cc1NC(=O)CCN1C(=O)c2ccc(C)cc2C1=O. The van der Waals surface area contributed by atoms with Gasteiger partial charge in [0.1, 0.15) is 5.75 Å². The van der Waals surface area contributed by atoms with Crippen LogP contribution in [0.15, 0.2) is 30.3 Å². The smallest absolute Gasteiger partial charge is 0.261 e. The number of hydrogen-bond acceptors (Lipinski definition) is 4. The molecular formula is C20H19ClN2O4. The van der Waals surface area contributed by atoms with Gasteiger partial charge in [-0.3, -0.25) is 19.3 Å². The number of amides is 3. The Morgan fingerprint density at radius 1 is 1.11 bits per heavy atom. The van der Waals surface area contributed by atoms with Crippen molar-refractivity contribution in [2.45, 2.75) is 20.3 Å². The molecule has 3 rings (SSSR count). The summed E-state index contributed by atoms with van der Waals surface area (Å²) in [4.78, 5) is 38.3. The molecule has 140 valence electrons. The van der Waals surface area contributed by atoms with Gasteiger partial charge < -0.3 is 10.1 Å². The highest BCUT2D eigenvalue weighted by atomic mass is 35.5. The average Bonchev–Trinajstić information content (AvgIpc) is 2.86. The van der Waals surface area contributed by atoms with E-state index in [-0.39, 0.29) is 30.7 Å². The minimum absolute atomic E-state index is 0.00607. The number of nitrogens with one attached hydrogen (secondary N) is 1. The highest BCUT2D eigenvalue weighted by Gasteiger charge is 2.35. The second kappa shape index (κ2) is 7.40. The summed E-state index contributed by atoms with van der Waals surface area (Å²) in [5, 5.41) is 3.28. The van der Waals surface area contributed by atoms with Gasteiger partial charge in [-0.2, -0.15) is 0 Å². The van der Waals surface area contributed by atoms with Gasteiger partial charge in [-0.15, -0.1) is 0 Å². The van der Waals surface area contributed by atoms with E-state index in [2.05, 4.69) is 5.32 Å². The maximum Gasteiger partial charge on any atom is 0.261 e. The Labute approximate surface area is 162 Å². The van der Waals surface area contributed by atoms with Crippen molar-refractivity contribution in [3.8, 4) is 5.75 Å². The largest absolute Gasteiger partial charge is 0.495 e. The molecule has 6 nitrogen and oxygen atoms in total. The number of methoxy groups -OCH3 is 1. The molecule has 27 heavy (non-hydrogen) atoms. The molecule has 0 aromatic heterocycles. The summed E-state index contributed by atoms with van der Waals surface area (Å²) in [6.07, 6.45) is -0.0186. The molecule has 0 unspecified atom stereocenters. The molecule has 0 fully saturated rings. The minimum Gasteiger partial charge on any atom is -0.495 e. The van der Waals surface area contributed by atoms with E-state index in [1.807, 2.05) is 13.8 Å². The van der Waals surface area contributed by atoms with E-state index in [4.69, 9.17) is 16.3 Å². The van der Waals surface area contributed by atoms with Crippen molar-refractivity contribution in [3.05, 3.63) is 57.6 Å². The maximum absolute atomic E-state index is 12.5. The molecule has 1 N–H and O–H groups in total. The highest BCUT2D eigenvalue weighted by Crippen LogP contribution is 2.31. The number of ether oxygens (including phenoxy) is 1. The van der Waals surface area contributed by atoms with Crippen molar-refractivity contribution < 1.29 is 19.1 Å². The van der Waals surface area contributed by atoms with Crippen LogP contribution in [0.2, 0.25) is 5.02 Å². The van der Waals surface area contributed by atoms with E-state index in [1.165, 1.54) is 7.11 Å². The first-order valence-electron chi connectivity index (χ1n) is 8.42. The first-order valence-corrected chi connectivity index (χ1v) is 8.80. The zero-order valence-electron chi connectivity index (χ0n) is 15.3. The summed E-state index contributed by atoms with van der Waals surface area (Å²) in [6, 6.07) is 8.46. The Kier molecular flexibility index (Phi) is 5.19. The molecule has 1 aliphatic rings. The summed E-state index contributed by atoms with van der Waals surface area (Å²) in [5.41, 5.74) is 2.95. The Morgan fingerprint density at radius 2 is 1.81 bits per heavy atom. The number of carbonyl (C=O) groups excluding carboxylic acids is 3. The van der Waals surface area contributed by atoms with E-state index in [0.717, 1.165) is 16.0 Å². The average molecular weight is 387 g/mol. The Bertz CT molecular complexity index is 955. The van der Waals surface area contributed by atoms with Crippen LogP contribution >= 0.6 is 11.6 Å². The maximum atomic E-state index is 12.5. The van der Waals surface area contributed by atoms with Crippen LogP contribution in [0.4, 0.5) is 5.69 Å². The lowest BCUT2D eigenvalue weighted by Gasteiger charge is -2.15. The van der Waals surface area contributed by atoms with E-state index in [1.54, 1.807) is 30.3 Å². The molecule has 0 saturated carbocycles. The number of hydrogen-bond donors (Lipinski definition) is 1. The third-order valence-electron chi connectivity index (χ3n) is 4.44. The molecule has 0 aliphatic carbocycles. The normalized spacial score (nSPS) is 13.0. The second-order valence-corrected chi connectivity index (χ2v) is 6.82. The van der Waals surface area contributed by atoms with Gasteiger partial charge in [0.15, 0.2) is 0 Å². The van der Waals surface area contributed by atoms with Gasteiger partial charge in [0.05, 0.1) is 23.9 Å². The molecule has 1 aliphatic heterocycles. The summed E-state index contributed by atoms with van der Waals surface area (Å²) in [7, 11) is 1.48. The van der Waals surface area contributed by atoms with E-state index < -0.39 is 0 Å². The van der Waals surface area contributed by atoms with Crippen LogP contribution in [0, 0.1) is 13.8 Å². The highest BCUT2D eigenvalue weighted by molar-refractivity contribution is 6.31. The molecule has 0 bridgehead atoms. The van der Waals surface area contributed by atoms with Gasteiger partial charge in [-0.1, -0.05) is 23.2 Å². The predicted octanol–water partition coefficient (Wildman–Crippen LogP) is 3.59. The summed E-state index contributed by atoms with van der Waals surface area (Å²) >= 11 is 6.06. The molecule has 7 heteroatoms. The molecule has 0 spiro atoms. The van der Waals surface area contributed by atoms with Gasteiger partial charge in [-0.05, 0) is 37.6 Å². The molecular weight excluding hydrogens is 368 g/mol. The number of anilines is 1. The molecule has 0 radical (unpaired) electrons. The fourth-order valence-electron chi connectivity index (χ4n) is 2.96. The van der Waals surface area contributed by atoms with Crippen molar-refractivity contribution in [3.63, 3.8) is 0 Å². The van der Waals surface area contributed by atoms with Crippen LogP contribution in [0.25, 0.3) is 0 Å². The van der Waals surface area contributed by atoms with Gasteiger partial charge in [0.25, 0.3) is 11.8 Å². The van der Waals surface area contributed by atoms with Crippen LogP contribution in [0.5, 0.6) is 5.75 Å². The van der Waals surface area contributed by atoms with Gasteiger partial charge in [0, 0.05) is 24.1 Å². The first kappa shape index (κ1) is 18.9. The van der Waals surface area contributed by atoms with E-state index in [9.17, 15) is 14.4 Å². The fraction of sp³-hybridized carbons (Fsp3) is 0.250. The standard InChI is InChI=1S/C20H19ClN2O4/c1-11-4-5-13-14(8-11)20(26)23(19(13)25)7-6-18(24)22-16-9-12(2)15(21)10-17(16)27-3/h4-5,8-10H,6-7H2,1-3H3,(H,22,24). The van der Waals surface area contributed by atoms with Crippen molar-refractivity contribution in [2.24, 2.45) is 0 Å². The quantitative estimate of drug-likeness (QED) is 0.797. The fourth-order valence-corrected chi connectivity index (χ4v) is 3.12. The topological polar surface area (TPSA) is 75.7 Å². The summed E-state index contributed by atoms with van der Waals surface area (Å²) in [6.45, 7) is 3.68. The lowest BCUT2D eigenvalue weighted by molar-refractivity contribution is -0.116. The summed E-state index contributed by atoms with van der Waals surface area (Å²) in [5.74, 6) is -0.632. The van der Waals surface area contributed by atoms with Gasteiger partial charge >= 0.3 is 0 Å². The Hall–Kier alpha value is -2.86. The van der Waals surface area contributed by atoms with E-state index in [0.29, 0.717) is 27.6 Å². The van der Waals surface area contributed by atoms with E-state index >= 15 is 0 Å². The molecule has 0 atom stereocenters. The Balaban J connectivity index is 1.68. The number of imide groups is 1.